The lowest BCUT2D eigenvalue weighted by atomic mass is 9.92. The van der Waals surface area contributed by atoms with Gasteiger partial charge in [-0.15, -0.1) is 0 Å². The van der Waals surface area contributed by atoms with Crippen LogP contribution in [0.4, 0.5) is 0 Å². The number of nitrogens with one attached hydrogen (secondary N) is 1. The molecule has 1 aliphatic heterocycles. The quantitative estimate of drug-likeness (QED) is 0.426. The number of piperidine rings is 1. The molecule has 1 fully saturated rings. The molecule has 0 bridgehead atoms. The minimum atomic E-state index is -0.113. The molecule has 5 N–H and O–H groups in total. The van der Waals surface area contributed by atoms with E-state index in [2.05, 4.69) is 5.32 Å². The molecule has 0 radical (unpaired) electrons. The summed E-state index contributed by atoms with van der Waals surface area (Å²) >= 11 is 0. The van der Waals surface area contributed by atoms with Gasteiger partial charge in [-0.2, -0.15) is 0 Å². The van der Waals surface area contributed by atoms with Gasteiger partial charge in [0.2, 0.25) is 0 Å². The van der Waals surface area contributed by atoms with Gasteiger partial charge in [0.1, 0.15) is 0 Å². The highest BCUT2D eigenvalue weighted by atomic mass is 15.0. The molecule has 3 nitrogen and oxygen atoms in total. The Morgan fingerprint density at radius 2 is 2.33 bits per heavy atom. The Bertz CT molecular complexity index is 86.3. The fourth-order valence-corrected chi connectivity index (χ4v) is 1.17. The van der Waals surface area contributed by atoms with Crippen LogP contribution in [-0.4, -0.2) is 25.2 Å². The molecule has 3 heteroatoms. The maximum Gasteiger partial charge on any atom is 0.0405 e. The largest absolute Gasteiger partial charge is 0.329 e. The molecule has 1 atom stereocenters. The van der Waals surface area contributed by atoms with E-state index in [1.165, 1.54) is 0 Å². The molecule has 1 saturated heterocycles. The van der Waals surface area contributed by atoms with Crippen LogP contribution in [-0.2, 0) is 0 Å². The molecule has 0 aromatic carbocycles. The summed E-state index contributed by atoms with van der Waals surface area (Å²) in [5.41, 5.74) is 11.2. The third kappa shape index (κ3) is 1.64. The first-order chi connectivity index (χ1) is 4.27. The standard InChI is InChI=1S/C6H15N3/c7-4-6(8)2-1-3-9-5-6/h9H,1-5,7-8H2. The normalized spacial score (nSPS) is 36.7. The monoisotopic (exact) mass is 129 g/mol. The summed E-state index contributed by atoms with van der Waals surface area (Å²) in [4.78, 5) is 0. The van der Waals surface area contributed by atoms with Gasteiger partial charge < -0.3 is 16.8 Å². The molecule has 54 valence electrons. The zero-order valence-electron chi connectivity index (χ0n) is 5.69. The molecule has 1 heterocycles. The lowest BCUT2D eigenvalue weighted by molar-refractivity contribution is 0.323. The van der Waals surface area contributed by atoms with Crippen LogP contribution < -0.4 is 16.8 Å². The number of hydrogen-bond acceptors (Lipinski definition) is 3. The van der Waals surface area contributed by atoms with Gasteiger partial charge in [0, 0.05) is 18.6 Å². The molecular weight excluding hydrogens is 114 g/mol. The van der Waals surface area contributed by atoms with Gasteiger partial charge in [0.05, 0.1) is 0 Å². The summed E-state index contributed by atoms with van der Waals surface area (Å²) in [6, 6.07) is 0. The van der Waals surface area contributed by atoms with Crippen LogP contribution in [0.1, 0.15) is 12.8 Å². The molecule has 0 aliphatic carbocycles. The van der Waals surface area contributed by atoms with Crippen LogP contribution in [0, 0.1) is 0 Å². The maximum atomic E-state index is 5.87. The molecule has 0 aromatic heterocycles. The zero-order chi connectivity index (χ0) is 6.74. The Labute approximate surface area is 55.8 Å². The average Bonchev–Trinajstić information content (AvgIpc) is 1.90. The summed E-state index contributed by atoms with van der Waals surface area (Å²) in [6.07, 6.45) is 2.23. The minimum Gasteiger partial charge on any atom is -0.329 e. The van der Waals surface area contributed by atoms with Gasteiger partial charge >= 0.3 is 0 Å². The fourth-order valence-electron chi connectivity index (χ4n) is 1.17. The predicted molar refractivity (Wildman–Crippen MR) is 38.1 cm³/mol. The summed E-state index contributed by atoms with van der Waals surface area (Å²) < 4.78 is 0. The van der Waals surface area contributed by atoms with Crippen molar-refractivity contribution in [2.24, 2.45) is 11.5 Å². The van der Waals surface area contributed by atoms with Gasteiger partial charge in [0.15, 0.2) is 0 Å². The van der Waals surface area contributed by atoms with E-state index in [1.54, 1.807) is 0 Å². The Morgan fingerprint density at radius 1 is 1.56 bits per heavy atom. The van der Waals surface area contributed by atoms with Crippen LogP contribution in [0.2, 0.25) is 0 Å². The SMILES string of the molecule is NCC1(N)CCCNC1. The van der Waals surface area contributed by atoms with Gasteiger partial charge in [-0.3, -0.25) is 0 Å². The highest BCUT2D eigenvalue weighted by Crippen LogP contribution is 2.09. The van der Waals surface area contributed by atoms with E-state index in [1.807, 2.05) is 0 Å². The molecule has 1 aliphatic rings. The molecule has 1 rings (SSSR count). The Balaban J connectivity index is 2.37. The topological polar surface area (TPSA) is 64.1 Å². The maximum absolute atomic E-state index is 5.87. The van der Waals surface area contributed by atoms with Gasteiger partial charge in [-0.05, 0) is 19.4 Å². The molecule has 0 aromatic rings. The van der Waals surface area contributed by atoms with Crippen molar-refractivity contribution in [2.75, 3.05) is 19.6 Å². The van der Waals surface area contributed by atoms with Crippen molar-refractivity contribution >= 4 is 0 Å². The van der Waals surface area contributed by atoms with Crippen molar-refractivity contribution in [2.45, 2.75) is 18.4 Å². The van der Waals surface area contributed by atoms with Gasteiger partial charge in [0.25, 0.3) is 0 Å². The summed E-state index contributed by atoms with van der Waals surface area (Å²) in [5, 5.41) is 3.22. The lowest BCUT2D eigenvalue weighted by Gasteiger charge is -2.32. The molecular formula is C6H15N3. The van der Waals surface area contributed by atoms with E-state index in [9.17, 15) is 0 Å². The first kappa shape index (κ1) is 6.99. The van der Waals surface area contributed by atoms with Crippen molar-refractivity contribution in [3.63, 3.8) is 0 Å². The number of nitrogens with two attached hydrogens (primary N) is 2. The van der Waals surface area contributed by atoms with Crippen LogP contribution in [0.15, 0.2) is 0 Å². The van der Waals surface area contributed by atoms with Crippen LogP contribution in [0.5, 0.6) is 0 Å². The van der Waals surface area contributed by atoms with Crippen molar-refractivity contribution in [1.82, 2.24) is 5.32 Å². The first-order valence-corrected chi connectivity index (χ1v) is 3.46. The van der Waals surface area contributed by atoms with Crippen LogP contribution in [0.3, 0.4) is 0 Å². The van der Waals surface area contributed by atoms with Crippen molar-refractivity contribution in [3.05, 3.63) is 0 Å². The third-order valence-electron chi connectivity index (χ3n) is 1.91. The second-order valence-corrected chi connectivity index (χ2v) is 2.85. The molecule has 1 unspecified atom stereocenters. The van der Waals surface area contributed by atoms with E-state index in [-0.39, 0.29) is 5.54 Å². The first-order valence-electron chi connectivity index (χ1n) is 3.46. The summed E-state index contributed by atoms with van der Waals surface area (Å²) in [5.74, 6) is 0. The Hall–Kier alpha value is -0.120. The minimum absolute atomic E-state index is 0.113. The van der Waals surface area contributed by atoms with E-state index < -0.39 is 0 Å². The van der Waals surface area contributed by atoms with Gasteiger partial charge in [-0.1, -0.05) is 0 Å². The highest BCUT2D eigenvalue weighted by Gasteiger charge is 2.24. The van der Waals surface area contributed by atoms with E-state index in [0.29, 0.717) is 6.54 Å². The van der Waals surface area contributed by atoms with Crippen molar-refractivity contribution in [1.29, 1.82) is 0 Å². The number of rotatable bonds is 1. The predicted octanol–water partition coefficient (Wildman–Crippen LogP) is -0.974. The van der Waals surface area contributed by atoms with Crippen LogP contribution >= 0.6 is 0 Å². The zero-order valence-corrected chi connectivity index (χ0v) is 5.69. The summed E-state index contributed by atoms with van der Waals surface area (Å²) in [7, 11) is 0. The van der Waals surface area contributed by atoms with Crippen molar-refractivity contribution < 1.29 is 0 Å². The fraction of sp³-hybridized carbons (Fsp3) is 1.00. The smallest absolute Gasteiger partial charge is 0.0405 e. The van der Waals surface area contributed by atoms with E-state index in [4.69, 9.17) is 11.5 Å². The Kier molecular flexibility index (Phi) is 2.05. The summed E-state index contributed by atoms with van der Waals surface area (Å²) in [6.45, 7) is 2.57. The van der Waals surface area contributed by atoms with Crippen molar-refractivity contribution in [3.8, 4) is 0 Å². The molecule has 0 saturated carbocycles. The number of hydrogen-bond donors (Lipinski definition) is 3. The second kappa shape index (κ2) is 2.64. The lowest BCUT2D eigenvalue weighted by Crippen LogP contribution is -2.57. The second-order valence-electron chi connectivity index (χ2n) is 2.85. The molecule has 0 spiro atoms. The third-order valence-corrected chi connectivity index (χ3v) is 1.91. The van der Waals surface area contributed by atoms with E-state index >= 15 is 0 Å². The average molecular weight is 129 g/mol. The molecule has 9 heavy (non-hydrogen) atoms. The van der Waals surface area contributed by atoms with Crippen LogP contribution in [0.25, 0.3) is 0 Å². The Morgan fingerprint density at radius 3 is 2.67 bits per heavy atom. The van der Waals surface area contributed by atoms with E-state index in [0.717, 1.165) is 25.9 Å². The van der Waals surface area contributed by atoms with Gasteiger partial charge in [-0.25, -0.2) is 0 Å². The highest BCUT2D eigenvalue weighted by molar-refractivity contribution is 4.90. The molecule has 0 amide bonds.